The number of thiol groups is 1. The SMILES string of the molecule is C=C(CCc1ccccc1)CC(NC(=C=O)CCC1c2ccccc2-c2ccccc21)C(=C)S.CC. The fourth-order valence-electron chi connectivity index (χ4n) is 4.83. The van der Waals surface area contributed by atoms with Crippen molar-refractivity contribution in [3.63, 3.8) is 0 Å². The zero-order chi connectivity index (χ0) is 25.9. The molecule has 3 heteroatoms. The predicted molar refractivity (Wildman–Crippen MR) is 157 cm³/mol. The Morgan fingerprint density at radius 3 is 2.00 bits per heavy atom. The smallest absolute Gasteiger partial charge is 0.145 e. The maximum atomic E-state index is 11.9. The van der Waals surface area contributed by atoms with Crippen LogP contribution in [-0.4, -0.2) is 12.0 Å². The normalized spacial score (nSPS) is 12.3. The van der Waals surface area contributed by atoms with Crippen LogP contribution < -0.4 is 5.32 Å². The molecular weight excluding hydrogens is 458 g/mol. The first-order chi connectivity index (χ1) is 17.6. The van der Waals surface area contributed by atoms with E-state index in [1.54, 1.807) is 0 Å². The molecular formula is C33H37NOS. The lowest BCUT2D eigenvalue weighted by Crippen LogP contribution is -2.29. The Labute approximate surface area is 222 Å². The van der Waals surface area contributed by atoms with Crippen LogP contribution in [0.25, 0.3) is 11.1 Å². The molecule has 4 rings (SSSR count). The molecule has 3 aromatic carbocycles. The highest BCUT2D eigenvalue weighted by Gasteiger charge is 2.28. The van der Waals surface area contributed by atoms with Crippen molar-refractivity contribution in [1.82, 2.24) is 5.32 Å². The second-order valence-electron chi connectivity index (χ2n) is 8.97. The Hall–Kier alpha value is -3.26. The van der Waals surface area contributed by atoms with Gasteiger partial charge in [0.15, 0.2) is 0 Å². The van der Waals surface area contributed by atoms with Gasteiger partial charge >= 0.3 is 0 Å². The van der Waals surface area contributed by atoms with E-state index in [1.165, 1.54) is 27.8 Å². The summed E-state index contributed by atoms with van der Waals surface area (Å²) >= 11 is 4.51. The summed E-state index contributed by atoms with van der Waals surface area (Å²) in [5, 5.41) is 3.36. The molecule has 0 fully saturated rings. The van der Waals surface area contributed by atoms with Gasteiger partial charge in [-0.1, -0.05) is 111 Å². The number of nitrogens with one attached hydrogen (secondary N) is 1. The number of allylic oxidation sites excluding steroid dienone is 1. The van der Waals surface area contributed by atoms with Crippen LogP contribution in [0.15, 0.2) is 108 Å². The summed E-state index contributed by atoms with van der Waals surface area (Å²) in [5.41, 5.74) is 8.23. The summed E-state index contributed by atoms with van der Waals surface area (Å²) in [5.74, 6) is 2.42. The first-order valence-electron chi connectivity index (χ1n) is 12.8. The van der Waals surface area contributed by atoms with Gasteiger partial charge in [0.2, 0.25) is 0 Å². The van der Waals surface area contributed by atoms with Gasteiger partial charge in [-0.05, 0) is 64.8 Å². The van der Waals surface area contributed by atoms with Crippen molar-refractivity contribution in [2.45, 2.75) is 57.9 Å². The third kappa shape index (κ3) is 6.91. The highest BCUT2D eigenvalue weighted by atomic mass is 32.1. The first-order valence-corrected chi connectivity index (χ1v) is 13.3. The summed E-state index contributed by atoms with van der Waals surface area (Å²) in [6.45, 7) is 12.3. The van der Waals surface area contributed by atoms with Crippen molar-refractivity contribution in [3.8, 4) is 11.1 Å². The maximum absolute atomic E-state index is 11.9. The molecule has 36 heavy (non-hydrogen) atoms. The minimum Gasteiger partial charge on any atom is -0.372 e. The molecule has 0 aromatic heterocycles. The Morgan fingerprint density at radius 2 is 1.44 bits per heavy atom. The van der Waals surface area contributed by atoms with E-state index in [2.05, 4.69) is 110 Å². The van der Waals surface area contributed by atoms with Crippen molar-refractivity contribution >= 4 is 18.6 Å². The summed E-state index contributed by atoms with van der Waals surface area (Å²) in [6, 6.07) is 27.4. The van der Waals surface area contributed by atoms with E-state index in [0.29, 0.717) is 23.4 Å². The fraction of sp³-hybridized carbons (Fsp3) is 0.273. The predicted octanol–water partition coefficient (Wildman–Crippen LogP) is 8.30. The monoisotopic (exact) mass is 495 g/mol. The second-order valence-corrected chi connectivity index (χ2v) is 9.55. The molecule has 0 saturated heterocycles. The van der Waals surface area contributed by atoms with E-state index in [0.717, 1.165) is 24.8 Å². The molecule has 0 heterocycles. The Morgan fingerprint density at radius 1 is 0.889 bits per heavy atom. The van der Waals surface area contributed by atoms with Crippen LogP contribution in [0.2, 0.25) is 0 Å². The van der Waals surface area contributed by atoms with E-state index >= 15 is 0 Å². The highest BCUT2D eigenvalue weighted by molar-refractivity contribution is 7.84. The largest absolute Gasteiger partial charge is 0.372 e. The quantitative estimate of drug-likeness (QED) is 0.159. The summed E-state index contributed by atoms with van der Waals surface area (Å²) in [7, 11) is 0. The topological polar surface area (TPSA) is 29.1 Å². The second kappa shape index (κ2) is 13.7. The van der Waals surface area contributed by atoms with Crippen LogP contribution >= 0.6 is 12.6 Å². The average Bonchev–Trinajstić information content (AvgIpc) is 3.24. The molecule has 0 saturated carbocycles. The molecule has 1 aliphatic rings. The summed E-state index contributed by atoms with van der Waals surface area (Å²) < 4.78 is 0. The molecule has 186 valence electrons. The Bertz CT molecular complexity index is 1180. The van der Waals surface area contributed by atoms with Crippen LogP contribution in [0.4, 0.5) is 0 Å². The lowest BCUT2D eigenvalue weighted by atomic mass is 9.91. The first kappa shape index (κ1) is 27.3. The van der Waals surface area contributed by atoms with E-state index in [-0.39, 0.29) is 12.0 Å². The molecule has 1 unspecified atom stereocenters. The molecule has 1 aliphatic carbocycles. The fourth-order valence-corrected chi connectivity index (χ4v) is 4.99. The maximum Gasteiger partial charge on any atom is 0.145 e. The van der Waals surface area contributed by atoms with E-state index in [9.17, 15) is 4.79 Å². The lowest BCUT2D eigenvalue weighted by molar-refractivity contribution is 0.551. The van der Waals surface area contributed by atoms with Gasteiger partial charge in [-0.3, -0.25) is 0 Å². The van der Waals surface area contributed by atoms with Gasteiger partial charge in [-0.2, -0.15) is 0 Å². The third-order valence-electron chi connectivity index (χ3n) is 6.62. The molecule has 0 amide bonds. The third-order valence-corrected chi connectivity index (χ3v) is 6.93. The van der Waals surface area contributed by atoms with Gasteiger partial charge in [0.1, 0.15) is 5.94 Å². The standard InChI is InChI=1S/C31H31NOS.C2H6/c1-22(16-17-24-10-4-3-5-11-24)20-31(23(2)34)32-25(21-33)18-19-30-28-14-8-6-12-26(28)27-13-7-9-15-29(27)30;1-2/h3-15,30-32,34H,1-2,16-20H2;1-2H3. The molecule has 1 N–H and O–H groups in total. The van der Waals surface area contributed by atoms with Crippen LogP contribution in [0, 0.1) is 0 Å². The molecule has 0 spiro atoms. The van der Waals surface area contributed by atoms with Crippen molar-refractivity contribution < 1.29 is 4.79 Å². The number of hydrogen-bond acceptors (Lipinski definition) is 3. The zero-order valence-electron chi connectivity index (χ0n) is 21.5. The molecule has 0 aliphatic heterocycles. The minimum absolute atomic E-state index is 0.147. The van der Waals surface area contributed by atoms with Crippen molar-refractivity contribution in [3.05, 3.63) is 125 Å². The number of carbonyl (C=O) groups excluding carboxylic acids is 1. The van der Waals surface area contributed by atoms with Crippen molar-refractivity contribution in [2.75, 3.05) is 0 Å². The van der Waals surface area contributed by atoms with Gasteiger partial charge in [-0.25, -0.2) is 4.79 Å². The lowest BCUT2D eigenvalue weighted by Gasteiger charge is -2.22. The van der Waals surface area contributed by atoms with Gasteiger partial charge < -0.3 is 5.32 Å². The van der Waals surface area contributed by atoms with E-state index in [4.69, 9.17) is 0 Å². The number of aryl methyl sites for hydroxylation is 1. The van der Waals surface area contributed by atoms with Gasteiger partial charge in [0.05, 0.1) is 11.7 Å². The summed E-state index contributed by atoms with van der Waals surface area (Å²) in [6.07, 6.45) is 3.98. The summed E-state index contributed by atoms with van der Waals surface area (Å²) in [4.78, 5) is 12.6. The Kier molecular flexibility index (Phi) is 10.4. The van der Waals surface area contributed by atoms with E-state index in [1.807, 2.05) is 19.9 Å². The van der Waals surface area contributed by atoms with Crippen molar-refractivity contribution in [2.24, 2.45) is 0 Å². The van der Waals surface area contributed by atoms with Crippen LogP contribution in [0.5, 0.6) is 0 Å². The molecule has 3 aromatic rings. The highest BCUT2D eigenvalue weighted by Crippen LogP contribution is 2.46. The molecule has 1 atom stereocenters. The molecule has 0 radical (unpaired) electrons. The van der Waals surface area contributed by atoms with Crippen molar-refractivity contribution in [1.29, 1.82) is 0 Å². The molecule has 2 nitrogen and oxygen atoms in total. The van der Waals surface area contributed by atoms with Crippen LogP contribution in [0.1, 0.15) is 62.1 Å². The number of rotatable bonds is 11. The van der Waals surface area contributed by atoms with Gasteiger partial charge in [-0.15, -0.1) is 12.6 Å². The van der Waals surface area contributed by atoms with Crippen LogP contribution in [-0.2, 0) is 11.2 Å². The minimum atomic E-state index is -0.147. The number of benzene rings is 3. The van der Waals surface area contributed by atoms with E-state index < -0.39 is 0 Å². The Balaban J connectivity index is 0.00000176. The number of hydrogen-bond donors (Lipinski definition) is 2. The number of fused-ring (bicyclic) bond motifs is 3. The average molecular weight is 496 g/mol. The van der Waals surface area contributed by atoms with Gasteiger partial charge in [0.25, 0.3) is 0 Å². The molecule has 0 bridgehead atoms. The zero-order valence-corrected chi connectivity index (χ0v) is 22.4. The van der Waals surface area contributed by atoms with Crippen LogP contribution in [0.3, 0.4) is 0 Å². The van der Waals surface area contributed by atoms with Gasteiger partial charge in [0, 0.05) is 5.92 Å².